The van der Waals surface area contributed by atoms with Gasteiger partial charge >= 0.3 is 23.9 Å². The van der Waals surface area contributed by atoms with E-state index < -0.39 is 54.6 Å². The molecule has 5 atom stereocenters. The molecule has 0 aromatic rings. The average molecular weight is 433 g/mol. The first-order chi connectivity index (χ1) is 14.1. The van der Waals surface area contributed by atoms with Crippen LogP contribution in [0.1, 0.15) is 47.0 Å². The first-order valence-electron chi connectivity index (χ1n) is 9.77. The molecule has 30 heavy (non-hydrogen) atoms. The number of nitrogens with two attached hydrogens (primary N) is 1. The van der Waals surface area contributed by atoms with Gasteiger partial charge in [-0.25, -0.2) is 0 Å². The standard InChI is InChI=1S/C19H31NO10/c1-11(21)26-10-15-16(27-12(2)22)17(28-13(3)23)18(29-14(4)24)19(30-15)25-9-7-5-6-8-20/h15-19H,5-10,20H2,1-4H3/t15-,16-,17+,18+,19+/m1/s1. The van der Waals surface area contributed by atoms with E-state index in [0.717, 1.165) is 26.7 Å². The van der Waals surface area contributed by atoms with Gasteiger partial charge in [-0.3, -0.25) is 19.2 Å². The number of unbranched alkanes of at least 4 members (excludes halogenated alkanes) is 2. The van der Waals surface area contributed by atoms with Crippen LogP contribution in [0.3, 0.4) is 0 Å². The van der Waals surface area contributed by atoms with Crippen LogP contribution in [0.5, 0.6) is 0 Å². The van der Waals surface area contributed by atoms with Crippen LogP contribution in [0, 0.1) is 0 Å². The Bertz CT molecular complexity index is 596. The molecule has 11 heteroatoms. The third-order valence-corrected chi connectivity index (χ3v) is 4.08. The Morgan fingerprint density at radius 2 is 1.33 bits per heavy atom. The van der Waals surface area contributed by atoms with Gasteiger partial charge in [0.15, 0.2) is 24.6 Å². The fraction of sp³-hybridized carbons (Fsp3) is 0.789. The molecule has 0 aliphatic carbocycles. The van der Waals surface area contributed by atoms with Gasteiger partial charge in [0.1, 0.15) is 12.7 Å². The summed E-state index contributed by atoms with van der Waals surface area (Å²) >= 11 is 0. The van der Waals surface area contributed by atoms with E-state index in [1.807, 2.05) is 0 Å². The number of hydrogen-bond donors (Lipinski definition) is 1. The maximum absolute atomic E-state index is 11.7. The molecule has 1 rings (SSSR count). The van der Waals surface area contributed by atoms with E-state index in [4.69, 9.17) is 34.2 Å². The topological polar surface area (TPSA) is 150 Å². The first kappa shape index (κ1) is 25.8. The van der Waals surface area contributed by atoms with E-state index in [-0.39, 0.29) is 13.2 Å². The average Bonchev–Trinajstić information content (AvgIpc) is 2.63. The van der Waals surface area contributed by atoms with Crippen LogP contribution in [0.4, 0.5) is 0 Å². The summed E-state index contributed by atoms with van der Waals surface area (Å²) in [7, 11) is 0. The van der Waals surface area contributed by atoms with Crippen molar-refractivity contribution in [3.8, 4) is 0 Å². The Morgan fingerprint density at radius 3 is 1.87 bits per heavy atom. The van der Waals surface area contributed by atoms with Crippen LogP contribution in [0.2, 0.25) is 0 Å². The summed E-state index contributed by atoms with van der Waals surface area (Å²) in [5, 5.41) is 0. The Hall–Kier alpha value is -2.24. The lowest BCUT2D eigenvalue weighted by Gasteiger charge is -2.44. The molecule has 1 aliphatic heterocycles. The molecule has 0 aromatic carbocycles. The normalized spacial score (nSPS) is 25.8. The zero-order valence-electron chi connectivity index (χ0n) is 17.8. The molecule has 2 N–H and O–H groups in total. The van der Waals surface area contributed by atoms with Crippen LogP contribution >= 0.6 is 0 Å². The van der Waals surface area contributed by atoms with Crippen molar-refractivity contribution in [3.05, 3.63) is 0 Å². The summed E-state index contributed by atoms with van der Waals surface area (Å²) in [4.78, 5) is 46.3. The van der Waals surface area contributed by atoms with E-state index in [2.05, 4.69) is 0 Å². The summed E-state index contributed by atoms with van der Waals surface area (Å²) in [5.41, 5.74) is 5.47. The number of hydrogen-bond acceptors (Lipinski definition) is 11. The molecule has 0 spiro atoms. The molecule has 0 aromatic heterocycles. The Morgan fingerprint density at radius 1 is 0.767 bits per heavy atom. The summed E-state index contributed by atoms with van der Waals surface area (Å²) in [6.45, 7) is 5.23. The maximum atomic E-state index is 11.7. The SMILES string of the molecule is CC(=O)OC[C@H]1O[C@H](OCCCCCN)[C@@H](OC(C)=O)[C@@H](OC(C)=O)[C@@H]1OC(C)=O. The molecule has 0 amide bonds. The predicted octanol–water partition coefficient (Wildman–Crippen LogP) is 0.215. The Labute approximate surface area is 175 Å². The van der Waals surface area contributed by atoms with Crippen molar-refractivity contribution in [1.82, 2.24) is 0 Å². The van der Waals surface area contributed by atoms with Gasteiger partial charge in [-0.15, -0.1) is 0 Å². The lowest BCUT2D eigenvalue weighted by molar-refractivity contribution is -0.308. The van der Waals surface area contributed by atoms with Crippen molar-refractivity contribution in [3.63, 3.8) is 0 Å². The second kappa shape index (κ2) is 13.1. The number of esters is 4. The van der Waals surface area contributed by atoms with Crippen molar-refractivity contribution in [2.75, 3.05) is 19.8 Å². The zero-order valence-corrected chi connectivity index (χ0v) is 17.8. The van der Waals surface area contributed by atoms with E-state index in [1.165, 1.54) is 13.8 Å². The Kier molecular flexibility index (Phi) is 11.3. The van der Waals surface area contributed by atoms with Crippen LogP contribution < -0.4 is 5.73 Å². The highest BCUT2D eigenvalue weighted by Crippen LogP contribution is 2.30. The highest BCUT2D eigenvalue weighted by molar-refractivity contribution is 5.68. The number of ether oxygens (including phenoxy) is 6. The molecular weight excluding hydrogens is 402 g/mol. The van der Waals surface area contributed by atoms with E-state index in [0.29, 0.717) is 13.0 Å². The molecular formula is C19H31NO10. The molecule has 0 bridgehead atoms. The fourth-order valence-electron chi connectivity index (χ4n) is 2.95. The van der Waals surface area contributed by atoms with Crippen LogP contribution in [-0.2, 0) is 47.6 Å². The molecule has 1 aliphatic rings. The van der Waals surface area contributed by atoms with Crippen LogP contribution in [0.25, 0.3) is 0 Å². The molecule has 0 unspecified atom stereocenters. The first-order valence-corrected chi connectivity index (χ1v) is 9.77. The molecule has 1 heterocycles. The predicted molar refractivity (Wildman–Crippen MR) is 101 cm³/mol. The van der Waals surface area contributed by atoms with Crippen LogP contribution in [-0.4, -0.2) is 74.3 Å². The minimum absolute atomic E-state index is 0.258. The largest absolute Gasteiger partial charge is 0.463 e. The summed E-state index contributed by atoms with van der Waals surface area (Å²) < 4.78 is 32.4. The molecule has 0 radical (unpaired) electrons. The van der Waals surface area contributed by atoms with Crippen molar-refractivity contribution < 1.29 is 47.6 Å². The maximum Gasteiger partial charge on any atom is 0.303 e. The number of carbonyl (C=O) groups is 4. The van der Waals surface area contributed by atoms with Crippen molar-refractivity contribution >= 4 is 23.9 Å². The third-order valence-electron chi connectivity index (χ3n) is 4.08. The highest BCUT2D eigenvalue weighted by atomic mass is 16.7. The van der Waals surface area contributed by atoms with Gasteiger partial charge in [0.2, 0.25) is 0 Å². The third kappa shape index (κ3) is 9.06. The van der Waals surface area contributed by atoms with E-state index in [1.54, 1.807) is 0 Å². The summed E-state index contributed by atoms with van der Waals surface area (Å²) in [6.07, 6.45) is -3.44. The summed E-state index contributed by atoms with van der Waals surface area (Å²) in [5.74, 6) is -2.62. The van der Waals surface area contributed by atoms with Gasteiger partial charge in [0.25, 0.3) is 0 Å². The second-order valence-corrected chi connectivity index (χ2v) is 6.79. The zero-order chi connectivity index (χ0) is 22.7. The van der Waals surface area contributed by atoms with Gasteiger partial charge in [0, 0.05) is 34.3 Å². The lowest BCUT2D eigenvalue weighted by Crippen LogP contribution is -2.63. The summed E-state index contributed by atoms with van der Waals surface area (Å²) in [6, 6.07) is 0. The second-order valence-electron chi connectivity index (χ2n) is 6.79. The lowest BCUT2D eigenvalue weighted by atomic mass is 9.98. The van der Waals surface area contributed by atoms with Gasteiger partial charge < -0.3 is 34.2 Å². The quantitative estimate of drug-likeness (QED) is 0.271. The molecule has 172 valence electrons. The Balaban J connectivity index is 3.13. The minimum Gasteiger partial charge on any atom is -0.463 e. The molecule has 1 saturated heterocycles. The molecule has 11 nitrogen and oxygen atoms in total. The van der Waals surface area contributed by atoms with Crippen molar-refractivity contribution in [2.24, 2.45) is 5.73 Å². The highest BCUT2D eigenvalue weighted by Gasteiger charge is 2.52. The van der Waals surface area contributed by atoms with Crippen molar-refractivity contribution in [1.29, 1.82) is 0 Å². The van der Waals surface area contributed by atoms with E-state index >= 15 is 0 Å². The van der Waals surface area contributed by atoms with Crippen molar-refractivity contribution in [2.45, 2.75) is 77.7 Å². The number of carbonyl (C=O) groups excluding carboxylic acids is 4. The van der Waals surface area contributed by atoms with Gasteiger partial charge in [-0.1, -0.05) is 0 Å². The smallest absolute Gasteiger partial charge is 0.303 e. The van der Waals surface area contributed by atoms with Gasteiger partial charge in [0.05, 0.1) is 0 Å². The monoisotopic (exact) mass is 433 g/mol. The molecule has 0 saturated carbocycles. The molecule has 1 fully saturated rings. The van der Waals surface area contributed by atoms with Gasteiger partial charge in [-0.05, 0) is 25.8 Å². The van der Waals surface area contributed by atoms with Crippen LogP contribution in [0.15, 0.2) is 0 Å². The van der Waals surface area contributed by atoms with E-state index in [9.17, 15) is 19.2 Å². The fourth-order valence-corrected chi connectivity index (χ4v) is 2.95. The van der Waals surface area contributed by atoms with Gasteiger partial charge in [-0.2, -0.15) is 0 Å². The number of rotatable bonds is 11. The minimum atomic E-state index is -1.22.